The molecule has 1 aliphatic rings. The minimum Gasteiger partial charge on any atom is -0.454 e. The Bertz CT molecular complexity index is 868. The Hall–Kier alpha value is -3.03. The molecule has 1 aliphatic heterocycles. The molecule has 0 N–H and O–H groups in total. The van der Waals surface area contributed by atoms with Crippen LogP contribution in [-0.4, -0.2) is 71.7 Å². The third-order valence-corrected chi connectivity index (χ3v) is 4.82. The van der Waals surface area contributed by atoms with E-state index in [1.807, 2.05) is 41.8 Å². The van der Waals surface area contributed by atoms with Gasteiger partial charge in [-0.05, 0) is 31.4 Å². The van der Waals surface area contributed by atoms with E-state index in [2.05, 4.69) is 0 Å². The molecule has 0 spiro atoms. The molecule has 150 valence electrons. The number of piperazine rings is 1. The molecule has 8 heteroatoms. The minimum atomic E-state index is -0.456. The van der Waals surface area contributed by atoms with Crippen molar-refractivity contribution in [1.82, 2.24) is 14.4 Å². The number of hydrogen-bond donors (Lipinski definition) is 0. The van der Waals surface area contributed by atoms with Crippen molar-refractivity contribution in [1.29, 1.82) is 0 Å². The van der Waals surface area contributed by atoms with Crippen molar-refractivity contribution in [3.05, 3.63) is 36.0 Å². The zero-order chi connectivity index (χ0) is 20.1. The molecule has 1 saturated heterocycles. The topological polar surface area (TPSA) is 81.1 Å². The highest BCUT2D eigenvalue weighted by atomic mass is 16.6. The van der Waals surface area contributed by atoms with Crippen molar-refractivity contribution in [3.8, 4) is 0 Å². The van der Waals surface area contributed by atoms with Gasteiger partial charge in [0.05, 0.1) is 6.61 Å². The number of carbonyl (C=O) groups is 3. The SMILES string of the molecule is CCOC(=O)N1CCN(C(=O)COC(=O)Cn2c(C)cc3ccccc32)CC1. The first-order valence-electron chi connectivity index (χ1n) is 9.39. The van der Waals surface area contributed by atoms with Gasteiger partial charge in [0.15, 0.2) is 6.61 Å². The third kappa shape index (κ3) is 4.44. The van der Waals surface area contributed by atoms with Gasteiger partial charge in [0.25, 0.3) is 5.91 Å². The van der Waals surface area contributed by atoms with Gasteiger partial charge < -0.3 is 23.8 Å². The molecule has 0 unspecified atom stereocenters. The maximum atomic E-state index is 12.3. The molecule has 0 aliphatic carbocycles. The van der Waals surface area contributed by atoms with E-state index in [0.717, 1.165) is 16.6 Å². The number of esters is 1. The summed E-state index contributed by atoms with van der Waals surface area (Å²) >= 11 is 0. The van der Waals surface area contributed by atoms with Gasteiger partial charge in [-0.1, -0.05) is 18.2 Å². The van der Waals surface area contributed by atoms with Crippen LogP contribution in [0.4, 0.5) is 4.79 Å². The molecule has 1 aromatic carbocycles. The lowest BCUT2D eigenvalue weighted by Crippen LogP contribution is -2.51. The van der Waals surface area contributed by atoms with Gasteiger partial charge in [-0.15, -0.1) is 0 Å². The molecule has 1 fully saturated rings. The van der Waals surface area contributed by atoms with Crippen LogP contribution in [0.3, 0.4) is 0 Å². The zero-order valence-electron chi connectivity index (χ0n) is 16.2. The second-order valence-corrected chi connectivity index (χ2v) is 6.66. The molecule has 0 bridgehead atoms. The first kappa shape index (κ1) is 19.7. The summed E-state index contributed by atoms with van der Waals surface area (Å²) in [5, 5.41) is 1.06. The maximum absolute atomic E-state index is 12.3. The van der Waals surface area contributed by atoms with Crippen LogP contribution in [0.2, 0.25) is 0 Å². The summed E-state index contributed by atoms with van der Waals surface area (Å²) in [6.45, 7) is 5.39. The van der Waals surface area contributed by atoms with Gasteiger partial charge in [-0.3, -0.25) is 9.59 Å². The number of amides is 2. The van der Waals surface area contributed by atoms with E-state index in [1.54, 1.807) is 16.7 Å². The highest BCUT2D eigenvalue weighted by molar-refractivity contribution is 5.84. The van der Waals surface area contributed by atoms with E-state index < -0.39 is 5.97 Å². The smallest absolute Gasteiger partial charge is 0.409 e. The molecule has 2 amide bonds. The van der Waals surface area contributed by atoms with E-state index in [9.17, 15) is 14.4 Å². The zero-order valence-corrected chi connectivity index (χ0v) is 16.2. The Morgan fingerprint density at radius 1 is 1.00 bits per heavy atom. The number of para-hydroxylation sites is 1. The summed E-state index contributed by atoms with van der Waals surface area (Å²) in [7, 11) is 0. The van der Waals surface area contributed by atoms with Crippen LogP contribution >= 0.6 is 0 Å². The molecule has 28 heavy (non-hydrogen) atoms. The molecule has 0 saturated carbocycles. The average Bonchev–Trinajstić information content (AvgIpc) is 3.01. The summed E-state index contributed by atoms with van der Waals surface area (Å²) in [5.74, 6) is -0.714. The van der Waals surface area contributed by atoms with E-state index >= 15 is 0 Å². The largest absolute Gasteiger partial charge is 0.454 e. The number of aromatic nitrogens is 1. The molecule has 2 heterocycles. The van der Waals surface area contributed by atoms with Crippen molar-refractivity contribution in [2.75, 3.05) is 39.4 Å². The Labute approximate surface area is 163 Å². The van der Waals surface area contributed by atoms with E-state index in [-0.39, 0.29) is 25.2 Å². The third-order valence-electron chi connectivity index (χ3n) is 4.82. The summed E-state index contributed by atoms with van der Waals surface area (Å²) in [4.78, 5) is 39.4. The van der Waals surface area contributed by atoms with Gasteiger partial charge >= 0.3 is 12.1 Å². The molecule has 2 aromatic rings. The van der Waals surface area contributed by atoms with Crippen molar-refractivity contribution >= 4 is 28.9 Å². The van der Waals surface area contributed by atoms with E-state index in [4.69, 9.17) is 9.47 Å². The molecular weight excluding hydrogens is 362 g/mol. The Balaban J connectivity index is 1.48. The summed E-state index contributed by atoms with van der Waals surface area (Å²) < 4.78 is 12.0. The van der Waals surface area contributed by atoms with Crippen LogP contribution < -0.4 is 0 Å². The molecule has 0 radical (unpaired) electrons. The molecule has 1 aromatic heterocycles. The highest BCUT2D eigenvalue weighted by Gasteiger charge is 2.25. The summed E-state index contributed by atoms with van der Waals surface area (Å²) in [5.41, 5.74) is 1.91. The molecule has 0 atom stereocenters. The fraction of sp³-hybridized carbons (Fsp3) is 0.450. The lowest BCUT2D eigenvalue weighted by Gasteiger charge is -2.33. The predicted molar refractivity (Wildman–Crippen MR) is 103 cm³/mol. The average molecular weight is 387 g/mol. The van der Waals surface area contributed by atoms with Crippen LogP contribution in [0.25, 0.3) is 10.9 Å². The standard InChI is InChI=1S/C20H25N3O5/c1-3-27-20(26)22-10-8-21(9-11-22)18(24)14-28-19(25)13-23-15(2)12-16-6-4-5-7-17(16)23/h4-7,12H,3,8-11,13-14H2,1-2H3. The molecular formula is C20H25N3O5. The van der Waals surface area contributed by atoms with E-state index in [1.165, 1.54) is 0 Å². The Morgan fingerprint density at radius 3 is 2.39 bits per heavy atom. The fourth-order valence-corrected chi connectivity index (χ4v) is 3.32. The lowest BCUT2D eigenvalue weighted by atomic mass is 10.2. The monoisotopic (exact) mass is 387 g/mol. The van der Waals surface area contributed by atoms with Crippen molar-refractivity contribution in [3.63, 3.8) is 0 Å². The normalized spacial score (nSPS) is 14.2. The first-order valence-corrected chi connectivity index (χ1v) is 9.39. The number of benzene rings is 1. The highest BCUT2D eigenvalue weighted by Crippen LogP contribution is 2.19. The van der Waals surface area contributed by atoms with E-state index in [0.29, 0.717) is 32.8 Å². The Kier molecular flexibility index (Phi) is 6.18. The van der Waals surface area contributed by atoms with Crippen LogP contribution in [0, 0.1) is 6.92 Å². The van der Waals surface area contributed by atoms with Gasteiger partial charge in [0.1, 0.15) is 6.54 Å². The quantitative estimate of drug-likeness (QED) is 0.731. The number of hydrogen-bond acceptors (Lipinski definition) is 5. The summed E-state index contributed by atoms with van der Waals surface area (Å²) in [6, 6.07) is 9.82. The van der Waals surface area contributed by atoms with Gasteiger partial charge in [-0.2, -0.15) is 0 Å². The fourth-order valence-electron chi connectivity index (χ4n) is 3.32. The van der Waals surface area contributed by atoms with Crippen molar-refractivity contribution in [2.24, 2.45) is 0 Å². The number of aryl methyl sites for hydroxylation is 1. The predicted octanol–water partition coefficient (Wildman–Crippen LogP) is 1.79. The lowest BCUT2D eigenvalue weighted by molar-refractivity contribution is -0.153. The maximum Gasteiger partial charge on any atom is 0.409 e. The Morgan fingerprint density at radius 2 is 1.68 bits per heavy atom. The number of rotatable bonds is 5. The van der Waals surface area contributed by atoms with Crippen molar-refractivity contribution in [2.45, 2.75) is 20.4 Å². The number of carbonyl (C=O) groups excluding carboxylic acids is 3. The second kappa shape index (κ2) is 8.77. The first-order chi connectivity index (χ1) is 13.5. The van der Waals surface area contributed by atoms with Crippen LogP contribution in [0.5, 0.6) is 0 Å². The second-order valence-electron chi connectivity index (χ2n) is 6.66. The minimum absolute atomic E-state index is 0.0588. The number of fused-ring (bicyclic) bond motifs is 1. The van der Waals surface area contributed by atoms with Crippen LogP contribution in [0.15, 0.2) is 30.3 Å². The van der Waals surface area contributed by atoms with Crippen LogP contribution in [0.1, 0.15) is 12.6 Å². The van der Waals surface area contributed by atoms with Gasteiger partial charge in [0, 0.05) is 37.4 Å². The summed E-state index contributed by atoms with van der Waals surface area (Å²) in [6.07, 6.45) is -0.365. The van der Waals surface area contributed by atoms with Crippen molar-refractivity contribution < 1.29 is 23.9 Å². The van der Waals surface area contributed by atoms with Crippen LogP contribution in [-0.2, 0) is 25.6 Å². The molecule has 8 nitrogen and oxygen atoms in total. The number of nitrogens with zero attached hydrogens (tertiary/aromatic N) is 3. The number of ether oxygens (including phenoxy) is 2. The van der Waals surface area contributed by atoms with Gasteiger partial charge in [0.2, 0.25) is 0 Å². The van der Waals surface area contributed by atoms with Gasteiger partial charge in [-0.25, -0.2) is 4.79 Å². The molecule has 3 rings (SSSR count).